The quantitative estimate of drug-likeness (QED) is 0.763. The van der Waals surface area contributed by atoms with E-state index in [-0.39, 0.29) is 24.5 Å². The van der Waals surface area contributed by atoms with Crippen molar-refractivity contribution < 1.29 is 14.3 Å². The lowest BCUT2D eigenvalue weighted by Gasteiger charge is -2.26. The number of nitrogens with zero attached hydrogens (tertiary/aromatic N) is 3. The van der Waals surface area contributed by atoms with Crippen LogP contribution in [0.4, 0.5) is 11.8 Å². The molecule has 0 aliphatic heterocycles. The molecule has 7 heteroatoms. The van der Waals surface area contributed by atoms with Gasteiger partial charge in [-0.05, 0) is 13.8 Å². The summed E-state index contributed by atoms with van der Waals surface area (Å²) in [5.41, 5.74) is 5.59. The van der Waals surface area contributed by atoms with E-state index in [0.717, 1.165) is 0 Å². The van der Waals surface area contributed by atoms with E-state index in [1.807, 2.05) is 13.8 Å². The van der Waals surface area contributed by atoms with E-state index in [1.165, 1.54) is 14.2 Å². The first-order chi connectivity index (χ1) is 8.47. The molecule has 0 atom stereocenters. The Bertz CT molecular complexity index is 423. The largest absolute Gasteiger partial charge is 0.481 e. The van der Waals surface area contributed by atoms with Crippen LogP contribution in [0.15, 0.2) is 6.07 Å². The van der Waals surface area contributed by atoms with Crippen LogP contribution < -0.4 is 15.4 Å². The van der Waals surface area contributed by atoms with E-state index in [0.29, 0.717) is 11.7 Å². The van der Waals surface area contributed by atoms with Gasteiger partial charge < -0.3 is 20.1 Å². The van der Waals surface area contributed by atoms with E-state index in [9.17, 15) is 4.79 Å². The molecule has 1 heterocycles. The molecule has 18 heavy (non-hydrogen) atoms. The number of nitrogen functional groups attached to an aromatic ring is 1. The number of aromatic nitrogens is 2. The van der Waals surface area contributed by atoms with Crippen LogP contribution in [-0.2, 0) is 9.53 Å². The van der Waals surface area contributed by atoms with Gasteiger partial charge in [0.1, 0.15) is 12.4 Å². The van der Waals surface area contributed by atoms with Gasteiger partial charge in [-0.1, -0.05) is 0 Å². The molecule has 0 spiro atoms. The van der Waals surface area contributed by atoms with Crippen LogP contribution in [0.25, 0.3) is 0 Å². The lowest BCUT2D eigenvalue weighted by atomic mass is 10.3. The Labute approximate surface area is 106 Å². The van der Waals surface area contributed by atoms with Crippen molar-refractivity contribution >= 4 is 17.7 Å². The second-order valence-corrected chi connectivity index (χ2v) is 3.92. The molecule has 0 aromatic carbocycles. The van der Waals surface area contributed by atoms with Gasteiger partial charge in [0, 0.05) is 12.1 Å². The van der Waals surface area contributed by atoms with Crippen molar-refractivity contribution in [3.63, 3.8) is 0 Å². The molecule has 0 fully saturated rings. The summed E-state index contributed by atoms with van der Waals surface area (Å²) < 4.78 is 9.68. The second kappa shape index (κ2) is 6.04. The number of carbonyl (C=O) groups excluding carboxylic acids is 1. The fraction of sp³-hybridized carbons (Fsp3) is 0.545. The Hall–Kier alpha value is -2.05. The molecule has 0 saturated heterocycles. The third kappa shape index (κ3) is 3.47. The third-order valence-electron chi connectivity index (χ3n) is 2.36. The second-order valence-electron chi connectivity index (χ2n) is 3.92. The molecular formula is C11H18N4O3. The molecule has 0 radical (unpaired) electrons. The number of hydrogen-bond acceptors (Lipinski definition) is 7. The molecule has 2 N–H and O–H groups in total. The average molecular weight is 254 g/mol. The molecule has 0 aliphatic carbocycles. The molecule has 1 aromatic heterocycles. The van der Waals surface area contributed by atoms with Crippen molar-refractivity contribution in [3.8, 4) is 5.88 Å². The van der Waals surface area contributed by atoms with Gasteiger partial charge in [0.25, 0.3) is 0 Å². The zero-order valence-electron chi connectivity index (χ0n) is 11.0. The van der Waals surface area contributed by atoms with Gasteiger partial charge in [0.2, 0.25) is 11.8 Å². The number of rotatable bonds is 5. The Kier molecular flexibility index (Phi) is 4.70. The standard InChI is InChI=1S/C11H18N4O3/c1-7(2)15(6-10(16)18-4)8-5-9(17-3)14-11(12)13-8/h5,7H,6H2,1-4H3,(H2,12,13,14). The van der Waals surface area contributed by atoms with Gasteiger partial charge in [0.15, 0.2) is 0 Å². The van der Waals surface area contributed by atoms with E-state index in [1.54, 1.807) is 11.0 Å². The van der Waals surface area contributed by atoms with Crippen molar-refractivity contribution in [1.29, 1.82) is 0 Å². The Balaban J connectivity index is 3.05. The van der Waals surface area contributed by atoms with Crippen molar-refractivity contribution in [3.05, 3.63) is 6.07 Å². The summed E-state index contributed by atoms with van der Waals surface area (Å²) in [5, 5.41) is 0. The summed E-state index contributed by atoms with van der Waals surface area (Å²) in [6.45, 7) is 3.97. The maximum Gasteiger partial charge on any atom is 0.325 e. The summed E-state index contributed by atoms with van der Waals surface area (Å²) >= 11 is 0. The summed E-state index contributed by atoms with van der Waals surface area (Å²) in [7, 11) is 2.83. The van der Waals surface area contributed by atoms with Crippen LogP contribution in [0.5, 0.6) is 5.88 Å². The Morgan fingerprint density at radius 3 is 2.61 bits per heavy atom. The highest BCUT2D eigenvalue weighted by molar-refractivity contribution is 5.75. The van der Waals surface area contributed by atoms with Crippen LogP contribution in [-0.4, -0.2) is 42.7 Å². The highest BCUT2D eigenvalue weighted by Gasteiger charge is 2.18. The third-order valence-corrected chi connectivity index (χ3v) is 2.36. The van der Waals surface area contributed by atoms with Crippen molar-refractivity contribution in [2.45, 2.75) is 19.9 Å². The SMILES string of the molecule is COC(=O)CN(c1cc(OC)nc(N)n1)C(C)C. The number of anilines is 2. The first kappa shape index (κ1) is 14.0. The number of methoxy groups -OCH3 is 2. The van der Waals surface area contributed by atoms with E-state index in [4.69, 9.17) is 10.5 Å². The zero-order chi connectivity index (χ0) is 13.7. The summed E-state index contributed by atoms with van der Waals surface area (Å²) in [6, 6.07) is 1.68. The van der Waals surface area contributed by atoms with Crippen LogP contribution in [0, 0.1) is 0 Å². The molecule has 7 nitrogen and oxygen atoms in total. The maximum absolute atomic E-state index is 11.4. The molecule has 0 amide bonds. The number of esters is 1. The molecule has 0 aliphatic rings. The molecule has 0 unspecified atom stereocenters. The van der Waals surface area contributed by atoms with Crippen molar-refractivity contribution in [2.75, 3.05) is 31.4 Å². The van der Waals surface area contributed by atoms with Crippen LogP contribution in [0.3, 0.4) is 0 Å². The lowest BCUT2D eigenvalue weighted by Crippen LogP contribution is -2.37. The summed E-state index contributed by atoms with van der Waals surface area (Å²) in [6.07, 6.45) is 0. The predicted molar refractivity (Wildman–Crippen MR) is 67.5 cm³/mol. The van der Waals surface area contributed by atoms with Gasteiger partial charge >= 0.3 is 5.97 Å². The van der Waals surface area contributed by atoms with E-state index in [2.05, 4.69) is 14.7 Å². The minimum absolute atomic E-state index is 0.0584. The number of carbonyl (C=O) groups is 1. The number of hydrogen-bond donors (Lipinski definition) is 1. The van der Waals surface area contributed by atoms with E-state index < -0.39 is 0 Å². The normalized spacial score (nSPS) is 10.3. The fourth-order valence-corrected chi connectivity index (χ4v) is 1.41. The van der Waals surface area contributed by atoms with E-state index >= 15 is 0 Å². The van der Waals surface area contributed by atoms with Gasteiger partial charge in [-0.2, -0.15) is 9.97 Å². The summed E-state index contributed by atoms with van der Waals surface area (Å²) in [5.74, 6) is 0.632. The highest BCUT2D eigenvalue weighted by atomic mass is 16.5. The molecule has 1 aromatic rings. The average Bonchev–Trinajstić information content (AvgIpc) is 2.34. The van der Waals surface area contributed by atoms with Crippen LogP contribution >= 0.6 is 0 Å². The van der Waals surface area contributed by atoms with Gasteiger partial charge in [-0.15, -0.1) is 0 Å². The van der Waals surface area contributed by atoms with Crippen LogP contribution in [0.1, 0.15) is 13.8 Å². The topological polar surface area (TPSA) is 90.6 Å². The molecule has 1 rings (SSSR count). The zero-order valence-corrected chi connectivity index (χ0v) is 11.0. The van der Waals surface area contributed by atoms with Gasteiger partial charge in [0.05, 0.1) is 14.2 Å². The number of ether oxygens (including phenoxy) is 2. The van der Waals surface area contributed by atoms with Gasteiger partial charge in [-0.25, -0.2) is 0 Å². The maximum atomic E-state index is 11.4. The Morgan fingerprint density at radius 2 is 2.11 bits per heavy atom. The number of nitrogens with two attached hydrogens (primary N) is 1. The molecule has 0 saturated carbocycles. The van der Waals surface area contributed by atoms with Crippen molar-refractivity contribution in [1.82, 2.24) is 9.97 Å². The van der Waals surface area contributed by atoms with Gasteiger partial charge in [-0.3, -0.25) is 4.79 Å². The molecular weight excluding hydrogens is 236 g/mol. The first-order valence-electron chi connectivity index (χ1n) is 5.50. The smallest absolute Gasteiger partial charge is 0.325 e. The lowest BCUT2D eigenvalue weighted by molar-refractivity contribution is -0.139. The summed E-state index contributed by atoms with van der Waals surface area (Å²) in [4.78, 5) is 21.1. The van der Waals surface area contributed by atoms with Crippen molar-refractivity contribution in [2.24, 2.45) is 0 Å². The first-order valence-corrected chi connectivity index (χ1v) is 5.50. The minimum atomic E-state index is -0.347. The molecule has 100 valence electrons. The minimum Gasteiger partial charge on any atom is -0.481 e. The fourth-order valence-electron chi connectivity index (χ4n) is 1.41. The molecule has 0 bridgehead atoms. The van der Waals surface area contributed by atoms with Crippen LogP contribution in [0.2, 0.25) is 0 Å². The monoisotopic (exact) mass is 254 g/mol. The predicted octanol–water partition coefficient (Wildman–Crippen LogP) is 0.455. The Morgan fingerprint density at radius 1 is 1.44 bits per heavy atom. The highest BCUT2D eigenvalue weighted by Crippen LogP contribution is 2.20.